The molecule has 0 fully saturated rings. The van der Waals surface area contributed by atoms with Gasteiger partial charge in [0.05, 0.1) is 14.9 Å². The van der Waals surface area contributed by atoms with Crippen LogP contribution in [-0.4, -0.2) is 25.7 Å². The van der Waals surface area contributed by atoms with Crippen LogP contribution in [0.25, 0.3) is 10.7 Å². The van der Waals surface area contributed by atoms with Crippen molar-refractivity contribution in [3.8, 4) is 10.7 Å². The van der Waals surface area contributed by atoms with Crippen LogP contribution >= 0.6 is 58.1 Å². The maximum Gasteiger partial charge on any atom is 0.227 e. The highest BCUT2D eigenvalue weighted by Gasteiger charge is 2.13. The third-order valence-electron chi connectivity index (χ3n) is 4.26. The molecule has 4 rings (SSSR count). The zero-order valence-corrected chi connectivity index (χ0v) is 19.4. The summed E-state index contributed by atoms with van der Waals surface area (Å²) in [7, 11) is 0. The van der Waals surface area contributed by atoms with Crippen LogP contribution in [0.15, 0.2) is 41.9 Å². The van der Waals surface area contributed by atoms with Gasteiger partial charge in [-0.2, -0.15) is 5.10 Å². The Balaban J connectivity index is 1.37. The van der Waals surface area contributed by atoms with Gasteiger partial charge >= 0.3 is 0 Å². The molecule has 1 amide bonds. The second-order valence-corrected chi connectivity index (χ2v) is 9.54. The Hall–Kier alpha value is -2.04. The van der Waals surface area contributed by atoms with Crippen molar-refractivity contribution in [2.45, 2.75) is 19.4 Å². The SMILES string of the molecule is O=C(CCn1c(-c2cccs2)n[nH]c1=S)Nc1ncc(Cc2cccc(Cl)c2Cl)s1. The summed E-state index contributed by atoms with van der Waals surface area (Å²) in [5, 5.41) is 13.5. The molecule has 0 atom stereocenters. The van der Waals surface area contributed by atoms with Crippen molar-refractivity contribution in [3.05, 3.63) is 67.2 Å². The smallest absolute Gasteiger partial charge is 0.227 e. The van der Waals surface area contributed by atoms with Crippen molar-refractivity contribution >= 4 is 69.1 Å². The first kappa shape index (κ1) is 21.2. The molecule has 0 saturated carbocycles. The number of hydrogen-bond acceptors (Lipinski definition) is 6. The van der Waals surface area contributed by atoms with Gasteiger partial charge in [0.15, 0.2) is 15.7 Å². The fourth-order valence-electron chi connectivity index (χ4n) is 2.83. The predicted octanol–water partition coefficient (Wildman–Crippen LogP) is 6.05. The van der Waals surface area contributed by atoms with E-state index < -0.39 is 0 Å². The number of thiophene rings is 1. The standard InChI is InChI=1S/C19H15Cl2N5OS3/c20-13-4-1-3-11(16(13)21)9-12-10-22-18(30-12)23-15(27)6-7-26-17(24-25-19(26)28)14-5-2-8-29-14/h1-5,8,10H,6-7,9H2,(H,25,28)(H,22,23,27). The third-order valence-corrected chi connectivity index (χ3v) is 7.21. The number of thiazole rings is 1. The molecule has 0 aliphatic rings. The molecule has 0 bridgehead atoms. The minimum atomic E-state index is -0.142. The van der Waals surface area contributed by atoms with Crippen molar-refractivity contribution in [3.63, 3.8) is 0 Å². The average Bonchev–Trinajstić information content (AvgIpc) is 3.46. The summed E-state index contributed by atoms with van der Waals surface area (Å²) in [5.74, 6) is 0.592. The Morgan fingerprint density at radius 1 is 1.27 bits per heavy atom. The first-order valence-corrected chi connectivity index (χ1v) is 11.7. The van der Waals surface area contributed by atoms with Gasteiger partial charge in [-0.1, -0.05) is 41.4 Å². The lowest BCUT2D eigenvalue weighted by Crippen LogP contribution is -2.14. The number of rotatable bonds is 7. The zero-order valence-electron chi connectivity index (χ0n) is 15.4. The number of benzene rings is 1. The maximum absolute atomic E-state index is 12.4. The Morgan fingerprint density at radius 3 is 2.93 bits per heavy atom. The number of anilines is 1. The van der Waals surface area contributed by atoms with E-state index in [4.69, 9.17) is 35.4 Å². The molecule has 11 heteroatoms. The van der Waals surface area contributed by atoms with Gasteiger partial charge in [0.1, 0.15) is 0 Å². The normalized spacial score (nSPS) is 11.0. The van der Waals surface area contributed by atoms with Crippen LogP contribution in [0.1, 0.15) is 16.9 Å². The van der Waals surface area contributed by atoms with E-state index in [9.17, 15) is 4.79 Å². The second-order valence-electron chi connectivity index (χ2n) is 6.30. The van der Waals surface area contributed by atoms with E-state index in [-0.39, 0.29) is 12.3 Å². The van der Waals surface area contributed by atoms with Gasteiger partial charge in [0.25, 0.3) is 0 Å². The van der Waals surface area contributed by atoms with E-state index in [0.717, 1.165) is 21.1 Å². The third kappa shape index (κ3) is 4.81. The lowest BCUT2D eigenvalue weighted by molar-refractivity contribution is -0.116. The molecule has 2 N–H and O–H groups in total. The second kappa shape index (κ2) is 9.40. The number of halogens is 2. The molecular formula is C19H15Cl2N5OS3. The topological polar surface area (TPSA) is 75.6 Å². The Labute approximate surface area is 195 Å². The Morgan fingerprint density at radius 2 is 2.13 bits per heavy atom. The van der Waals surface area contributed by atoms with E-state index in [0.29, 0.717) is 32.9 Å². The number of nitrogens with one attached hydrogen (secondary N) is 2. The van der Waals surface area contributed by atoms with Crippen molar-refractivity contribution < 1.29 is 4.79 Å². The largest absolute Gasteiger partial charge is 0.302 e. The van der Waals surface area contributed by atoms with E-state index in [1.807, 2.05) is 34.2 Å². The van der Waals surface area contributed by atoms with Crippen LogP contribution in [0.3, 0.4) is 0 Å². The lowest BCUT2D eigenvalue weighted by Gasteiger charge is -2.05. The average molecular weight is 496 g/mol. The van der Waals surface area contributed by atoms with Crippen molar-refractivity contribution in [1.82, 2.24) is 19.7 Å². The van der Waals surface area contributed by atoms with E-state index in [1.54, 1.807) is 23.6 Å². The monoisotopic (exact) mass is 495 g/mol. The summed E-state index contributed by atoms with van der Waals surface area (Å²) >= 11 is 20.6. The molecule has 4 aromatic rings. The minimum absolute atomic E-state index is 0.142. The number of aromatic nitrogens is 4. The van der Waals surface area contributed by atoms with Gasteiger partial charge in [-0.3, -0.25) is 14.5 Å². The van der Waals surface area contributed by atoms with Crippen LogP contribution in [0.2, 0.25) is 10.0 Å². The van der Waals surface area contributed by atoms with E-state index >= 15 is 0 Å². The van der Waals surface area contributed by atoms with Gasteiger partial charge in [0, 0.05) is 30.5 Å². The van der Waals surface area contributed by atoms with Crippen LogP contribution in [-0.2, 0) is 17.8 Å². The van der Waals surface area contributed by atoms with Crippen molar-refractivity contribution in [1.29, 1.82) is 0 Å². The molecule has 3 aromatic heterocycles. The van der Waals surface area contributed by atoms with Crippen LogP contribution in [0.5, 0.6) is 0 Å². The molecule has 0 aliphatic carbocycles. The zero-order chi connectivity index (χ0) is 21.1. The van der Waals surface area contributed by atoms with Crippen LogP contribution in [0, 0.1) is 4.77 Å². The summed E-state index contributed by atoms with van der Waals surface area (Å²) in [6.07, 6.45) is 2.58. The van der Waals surface area contributed by atoms with Gasteiger partial charge < -0.3 is 5.32 Å². The van der Waals surface area contributed by atoms with Gasteiger partial charge in [-0.05, 0) is 35.3 Å². The summed E-state index contributed by atoms with van der Waals surface area (Å²) < 4.78 is 2.32. The van der Waals surface area contributed by atoms with E-state index in [1.165, 1.54) is 11.3 Å². The van der Waals surface area contributed by atoms with Crippen molar-refractivity contribution in [2.24, 2.45) is 0 Å². The summed E-state index contributed by atoms with van der Waals surface area (Å²) in [6.45, 7) is 0.421. The van der Waals surface area contributed by atoms with Gasteiger partial charge in [0.2, 0.25) is 5.91 Å². The Kier molecular flexibility index (Phi) is 6.64. The fourth-order valence-corrected chi connectivity index (χ4v) is 5.02. The predicted molar refractivity (Wildman–Crippen MR) is 125 cm³/mol. The molecule has 6 nitrogen and oxygen atoms in total. The van der Waals surface area contributed by atoms with Gasteiger partial charge in [-0.15, -0.1) is 22.7 Å². The number of nitrogens with zero attached hydrogens (tertiary/aromatic N) is 3. The highest BCUT2D eigenvalue weighted by atomic mass is 35.5. The molecule has 1 aromatic carbocycles. The lowest BCUT2D eigenvalue weighted by atomic mass is 10.1. The molecule has 0 radical (unpaired) electrons. The fraction of sp³-hybridized carbons (Fsp3) is 0.158. The molecule has 0 unspecified atom stereocenters. The highest BCUT2D eigenvalue weighted by Crippen LogP contribution is 2.29. The van der Waals surface area contributed by atoms with Crippen LogP contribution in [0.4, 0.5) is 5.13 Å². The highest BCUT2D eigenvalue weighted by molar-refractivity contribution is 7.71. The number of H-pyrrole nitrogens is 1. The molecule has 30 heavy (non-hydrogen) atoms. The number of carbonyl (C=O) groups excluding carboxylic acids is 1. The first-order valence-electron chi connectivity index (χ1n) is 8.88. The maximum atomic E-state index is 12.4. The molecule has 0 spiro atoms. The van der Waals surface area contributed by atoms with E-state index in [2.05, 4.69) is 20.5 Å². The molecule has 3 heterocycles. The quantitative estimate of drug-likeness (QED) is 0.306. The number of carbonyl (C=O) groups is 1. The first-order chi connectivity index (χ1) is 14.5. The molecule has 0 aliphatic heterocycles. The minimum Gasteiger partial charge on any atom is -0.302 e. The molecule has 154 valence electrons. The number of hydrogen-bond donors (Lipinski definition) is 2. The summed E-state index contributed by atoms with van der Waals surface area (Å²) in [4.78, 5) is 18.7. The van der Waals surface area contributed by atoms with Crippen LogP contribution < -0.4 is 5.32 Å². The summed E-state index contributed by atoms with van der Waals surface area (Å²) in [5.41, 5.74) is 0.918. The Bertz CT molecular complexity index is 1230. The number of amides is 1. The molecule has 0 saturated heterocycles. The number of aromatic amines is 1. The van der Waals surface area contributed by atoms with Crippen molar-refractivity contribution in [2.75, 3.05) is 5.32 Å². The summed E-state index contributed by atoms with van der Waals surface area (Å²) in [6, 6.07) is 9.45. The van der Waals surface area contributed by atoms with Gasteiger partial charge in [-0.25, -0.2) is 4.98 Å². The molecular weight excluding hydrogens is 481 g/mol.